The van der Waals surface area contributed by atoms with Crippen LogP contribution in [0, 0.1) is 6.92 Å². The Kier molecular flexibility index (Phi) is 5.26. The maximum Gasteiger partial charge on any atom is 0.337 e. The fourth-order valence-corrected chi connectivity index (χ4v) is 2.54. The van der Waals surface area contributed by atoms with Crippen molar-refractivity contribution in [1.29, 1.82) is 0 Å². The fraction of sp³-hybridized carbons (Fsp3) is 0.188. The average molecular weight is 369 g/mol. The van der Waals surface area contributed by atoms with Crippen LogP contribution in [-0.2, 0) is 11.3 Å². The number of methoxy groups -OCH3 is 1. The van der Waals surface area contributed by atoms with E-state index in [9.17, 15) is 4.79 Å². The lowest BCUT2D eigenvalue weighted by molar-refractivity contribution is 0.0600. The van der Waals surface area contributed by atoms with Crippen molar-refractivity contribution >= 4 is 39.2 Å². The van der Waals surface area contributed by atoms with Gasteiger partial charge in [-0.05, 0) is 42.3 Å². The molecule has 2 aromatic carbocycles. The maximum absolute atomic E-state index is 11.5. The molecule has 2 aromatic rings. The zero-order valence-corrected chi connectivity index (χ0v) is 14.1. The number of hydrogen-bond acceptors (Lipinski definition) is 3. The van der Waals surface area contributed by atoms with Crippen molar-refractivity contribution in [3.63, 3.8) is 0 Å². The van der Waals surface area contributed by atoms with Gasteiger partial charge in [-0.3, -0.25) is 0 Å². The van der Waals surface area contributed by atoms with E-state index in [0.29, 0.717) is 12.1 Å². The summed E-state index contributed by atoms with van der Waals surface area (Å²) in [6, 6.07) is 11.2. The molecular formula is C16H15BrClNO2. The molecule has 2 rings (SSSR count). The second-order valence-electron chi connectivity index (χ2n) is 4.62. The highest BCUT2D eigenvalue weighted by atomic mass is 79.9. The molecule has 0 fully saturated rings. The Bertz CT molecular complexity index is 673. The zero-order chi connectivity index (χ0) is 15.4. The molecule has 0 aliphatic rings. The molecule has 0 aliphatic carbocycles. The Balaban J connectivity index is 2.09. The number of halogens is 2. The third-order valence-electron chi connectivity index (χ3n) is 3.13. The van der Waals surface area contributed by atoms with Gasteiger partial charge in [0.2, 0.25) is 0 Å². The highest BCUT2D eigenvalue weighted by Crippen LogP contribution is 2.23. The number of ether oxygens (including phenoxy) is 1. The molecule has 0 spiro atoms. The standard InChI is InChI=1S/C16H15BrClNO2/c1-10-3-6-13(8-15(10)18)19-9-12-5-4-11(7-14(12)17)16(20)21-2/h3-8,19H,9H2,1-2H3. The summed E-state index contributed by atoms with van der Waals surface area (Å²) < 4.78 is 5.55. The number of aryl methyl sites for hydroxylation is 1. The third kappa shape index (κ3) is 3.99. The molecule has 0 aromatic heterocycles. The summed E-state index contributed by atoms with van der Waals surface area (Å²) in [5.74, 6) is -0.347. The molecule has 0 heterocycles. The number of benzene rings is 2. The van der Waals surface area contributed by atoms with Gasteiger partial charge in [-0.1, -0.05) is 39.7 Å². The molecule has 0 saturated carbocycles. The van der Waals surface area contributed by atoms with Crippen molar-refractivity contribution in [3.8, 4) is 0 Å². The summed E-state index contributed by atoms with van der Waals surface area (Å²) in [4.78, 5) is 11.5. The highest BCUT2D eigenvalue weighted by molar-refractivity contribution is 9.10. The van der Waals surface area contributed by atoms with Crippen LogP contribution >= 0.6 is 27.5 Å². The minimum atomic E-state index is -0.347. The summed E-state index contributed by atoms with van der Waals surface area (Å²) >= 11 is 9.57. The molecule has 0 amide bonds. The Morgan fingerprint density at radius 3 is 2.67 bits per heavy atom. The first-order valence-corrected chi connectivity index (χ1v) is 7.55. The number of hydrogen-bond donors (Lipinski definition) is 1. The van der Waals surface area contributed by atoms with Gasteiger partial charge >= 0.3 is 5.97 Å². The molecule has 0 unspecified atom stereocenters. The molecule has 5 heteroatoms. The first kappa shape index (κ1) is 15.9. The van der Waals surface area contributed by atoms with Gasteiger partial charge in [-0.2, -0.15) is 0 Å². The van der Waals surface area contributed by atoms with Crippen molar-refractivity contribution in [1.82, 2.24) is 0 Å². The van der Waals surface area contributed by atoms with E-state index in [2.05, 4.69) is 21.2 Å². The number of anilines is 1. The van der Waals surface area contributed by atoms with Crippen LogP contribution in [0.5, 0.6) is 0 Å². The van der Waals surface area contributed by atoms with Gasteiger partial charge in [0.15, 0.2) is 0 Å². The lowest BCUT2D eigenvalue weighted by Crippen LogP contribution is -2.04. The predicted molar refractivity (Wildman–Crippen MR) is 89.0 cm³/mol. The van der Waals surface area contributed by atoms with Crippen molar-refractivity contribution in [3.05, 3.63) is 62.6 Å². The summed E-state index contributed by atoms with van der Waals surface area (Å²) in [6.45, 7) is 2.59. The largest absolute Gasteiger partial charge is 0.465 e. The van der Waals surface area contributed by atoms with Gasteiger partial charge < -0.3 is 10.1 Å². The molecule has 0 radical (unpaired) electrons. The van der Waals surface area contributed by atoms with E-state index in [1.54, 1.807) is 12.1 Å². The monoisotopic (exact) mass is 367 g/mol. The third-order valence-corrected chi connectivity index (χ3v) is 4.27. The van der Waals surface area contributed by atoms with Crippen LogP contribution in [0.1, 0.15) is 21.5 Å². The van der Waals surface area contributed by atoms with E-state index in [4.69, 9.17) is 16.3 Å². The molecule has 1 N–H and O–H groups in total. The number of carbonyl (C=O) groups is 1. The van der Waals surface area contributed by atoms with E-state index in [1.165, 1.54) is 7.11 Å². The van der Waals surface area contributed by atoms with Crippen LogP contribution in [-0.4, -0.2) is 13.1 Å². The maximum atomic E-state index is 11.5. The number of nitrogens with one attached hydrogen (secondary N) is 1. The second kappa shape index (κ2) is 6.96. The lowest BCUT2D eigenvalue weighted by Gasteiger charge is -2.10. The number of carbonyl (C=O) groups excluding carboxylic acids is 1. The minimum Gasteiger partial charge on any atom is -0.465 e. The van der Waals surface area contributed by atoms with Crippen molar-refractivity contribution < 1.29 is 9.53 Å². The first-order chi connectivity index (χ1) is 10.0. The molecule has 110 valence electrons. The van der Waals surface area contributed by atoms with Crippen LogP contribution in [0.15, 0.2) is 40.9 Å². The van der Waals surface area contributed by atoms with Crippen molar-refractivity contribution in [2.24, 2.45) is 0 Å². The van der Waals surface area contributed by atoms with E-state index < -0.39 is 0 Å². The minimum absolute atomic E-state index is 0.347. The van der Waals surface area contributed by atoms with Crippen LogP contribution < -0.4 is 5.32 Å². The van der Waals surface area contributed by atoms with Crippen LogP contribution in [0.25, 0.3) is 0 Å². The Morgan fingerprint density at radius 2 is 2.05 bits per heavy atom. The summed E-state index contributed by atoms with van der Waals surface area (Å²) in [6.07, 6.45) is 0. The van der Waals surface area contributed by atoms with Crippen LogP contribution in [0.4, 0.5) is 5.69 Å². The first-order valence-electron chi connectivity index (χ1n) is 6.38. The van der Waals surface area contributed by atoms with Gasteiger partial charge in [-0.15, -0.1) is 0 Å². The van der Waals surface area contributed by atoms with Gasteiger partial charge in [-0.25, -0.2) is 4.79 Å². The number of esters is 1. The predicted octanol–water partition coefficient (Wildman–Crippen LogP) is 4.81. The average Bonchev–Trinajstić information content (AvgIpc) is 2.48. The molecule has 21 heavy (non-hydrogen) atoms. The second-order valence-corrected chi connectivity index (χ2v) is 5.88. The molecule has 3 nitrogen and oxygen atoms in total. The summed E-state index contributed by atoms with van der Waals surface area (Å²) in [5, 5.41) is 4.04. The Labute approximate surface area is 137 Å². The molecular weight excluding hydrogens is 354 g/mol. The van der Waals surface area contributed by atoms with E-state index >= 15 is 0 Å². The van der Waals surface area contributed by atoms with Gasteiger partial charge in [0.25, 0.3) is 0 Å². The van der Waals surface area contributed by atoms with E-state index in [-0.39, 0.29) is 5.97 Å². The molecule has 0 bridgehead atoms. The Morgan fingerprint density at radius 1 is 1.29 bits per heavy atom. The molecule has 0 aliphatic heterocycles. The van der Waals surface area contributed by atoms with Gasteiger partial charge in [0.05, 0.1) is 12.7 Å². The SMILES string of the molecule is COC(=O)c1ccc(CNc2ccc(C)c(Cl)c2)c(Br)c1. The fourth-order valence-electron chi connectivity index (χ4n) is 1.84. The van der Waals surface area contributed by atoms with Crippen LogP contribution in [0.2, 0.25) is 5.02 Å². The smallest absolute Gasteiger partial charge is 0.337 e. The van der Waals surface area contributed by atoms with Gasteiger partial charge in [0.1, 0.15) is 0 Å². The van der Waals surface area contributed by atoms with E-state index in [1.807, 2.05) is 31.2 Å². The topological polar surface area (TPSA) is 38.3 Å². The van der Waals surface area contributed by atoms with Crippen molar-refractivity contribution in [2.45, 2.75) is 13.5 Å². The Hall–Kier alpha value is -1.52. The molecule has 0 saturated heterocycles. The zero-order valence-electron chi connectivity index (χ0n) is 11.7. The normalized spacial score (nSPS) is 10.3. The summed E-state index contributed by atoms with van der Waals surface area (Å²) in [7, 11) is 1.37. The summed E-state index contributed by atoms with van der Waals surface area (Å²) in [5.41, 5.74) is 3.56. The van der Waals surface area contributed by atoms with Gasteiger partial charge in [0, 0.05) is 21.7 Å². The van der Waals surface area contributed by atoms with Crippen LogP contribution in [0.3, 0.4) is 0 Å². The quantitative estimate of drug-likeness (QED) is 0.787. The lowest BCUT2D eigenvalue weighted by atomic mass is 10.1. The highest BCUT2D eigenvalue weighted by Gasteiger charge is 2.08. The van der Waals surface area contributed by atoms with E-state index in [0.717, 1.165) is 26.3 Å². The van der Waals surface area contributed by atoms with Crippen molar-refractivity contribution in [2.75, 3.05) is 12.4 Å². The molecule has 0 atom stereocenters. The number of rotatable bonds is 4.